The monoisotopic (exact) mass is 292 g/mol. The van der Waals surface area contributed by atoms with E-state index in [0.717, 1.165) is 12.8 Å². The first-order valence-electron chi connectivity index (χ1n) is 6.45. The van der Waals surface area contributed by atoms with Gasteiger partial charge < -0.3 is 20.6 Å². The van der Waals surface area contributed by atoms with E-state index in [1.165, 1.54) is 30.4 Å². The van der Waals surface area contributed by atoms with E-state index >= 15 is 0 Å². The number of amides is 3. The summed E-state index contributed by atoms with van der Waals surface area (Å²) in [5.74, 6) is -1.34. The van der Waals surface area contributed by atoms with Crippen molar-refractivity contribution in [3.8, 4) is 0 Å². The molecule has 112 valence electrons. The van der Waals surface area contributed by atoms with Crippen LogP contribution in [0.15, 0.2) is 18.5 Å². The molecule has 8 nitrogen and oxygen atoms in total. The molecule has 8 heteroatoms. The Hall–Kier alpha value is -2.64. The first-order valence-corrected chi connectivity index (χ1v) is 6.45. The zero-order valence-corrected chi connectivity index (χ0v) is 11.5. The molecule has 0 atom stereocenters. The highest BCUT2D eigenvalue weighted by Crippen LogP contribution is 2.18. The molecule has 1 aromatic rings. The summed E-state index contributed by atoms with van der Waals surface area (Å²) in [4.78, 5) is 39.2. The predicted molar refractivity (Wildman–Crippen MR) is 74.0 cm³/mol. The molecule has 1 fully saturated rings. The molecule has 3 amide bonds. The lowest BCUT2D eigenvalue weighted by Gasteiger charge is -2.17. The van der Waals surface area contributed by atoms with E-state index in [-0.39, 0.29) is 29.7 Å². The number of hydrogen-bond donors (Lipinski definition) is 3. The summed E-state index contributed by atoms with van der Waals surface area (Å²) >= 11 is 0. The maximum absolute atomic E-state index is 11.9. The van der Waals surface area contributed by atoms with Crippen LogP contribution >= 0.6 is 0 Å². The highest BCUT2D eigenvalue weighted by Gasteiger charge is 2.24. The van der Waals surface area contributed by atoms with Gasteiger partial charge in [-0.25, -0.2) is 9.59 Å². The molecule has 0 radical (unpaired) electrons. The molecule has 1 saturated carbocycles. The first kappa shape index (κ1) is 14.8. The van der Waals surface area contributed by atoms with Gasteiger partial charge in [0.15, 0.2) is 0 Å². The van der Waals surface area contributed by atoms with Gasteiger partial charge >= 0.3 is 12.0 Å². The second kappa shape index (κ2) is 6.21. The molecule has 21 heavy (non-hydrogen) atoms. The topological polar surface area (TPSA) is 112 Å². The summed E-state index contributed by atoms with van der Waals surface area (Å²) in [6, 6.07) is 1.03. The summed E-state index contributed by atoms with van der Waals surface area (Å²) in [6.07, 6.45) is 4.48. The van der Waals surface area contributed by atoms with Crippen LogP contribution in [-0.2, 0) is 4.79 Å². The van der Waals surface area contributed by atoms with E-state index in [0.29, 0.717) is 0 Å². The number of carbonyl (C=O) groups is 3. The zero-order valence-electron chi connectivity index (χ0n) is 11.5. The molecular formula is C13H16N4O4. The smallest absolute Gasteiger partial charge is 0.337 e. The number of carboxylic acid groups (broad SMARTS) is 1. The number of aromatic nitrogens is 1. The molecule has 0 bridgehead atoms. The molecule has 0 saturated heterocycles. The number of nitrogens with zero attached hydrogens (tertiary/aromatic N) is 2. The molecule has 2 rings (SSSR count). The molecule has 0 aliphatic heterocycles. The van der Waals surface area contributed by atoms with Crippen molar-refractivity contribution in [3.05, 3.63) is 24.0 Å². The van der Waals surface area contributed by atoms with Crippen LogP contribution < -0.4 is 10.6 Å². The standard InChI is InChI=1S/C13H16N4O4/c1-17(7-11(18)15-9-2-3-9)13(21)16-10-4-8(12(19)20)5-14-6-10/h4-6,9H,2-3,7H2,1H3,(H,15,18)(H,16,21)(H,19,20). The number of rotatable bonds is 5. The Kier molecular flexibility index (Phi) is 4.36. The highest BCUT2D eigenvalue weighted by molar-refractivity contribution is 5.94. The van der Waals surface area contributed by atoms with Gasteiger partial charge in [-0.2, -0.15) is 0 Å². The Bertz CT molecular complexity index is 571. The van der Waals surface area contributed by atoms with Crippen LogP contribution in [-0.4, -0.2) is 52.5 Å². The van der Waals surface area contributed by atoms with E-state index < -0.39 is 12.0 Å². The van der Waals surface area contributed by atoms with Crippen molar-refractivity contribution in [1.29, 1.82) is 0 Å². The summed E-state index contributed by atoms with van der Waals surface area (Å²) in [5.41, 5.74) is 0.233. The average molecular weight is 292 g/mol. The van der Waals surface area contributed by atoms with Crippen molar-refractivity contribution in [2.75, 3.05) is 18.9 Å². The minimum Gasteiger partial charge on any atom is -0.478 e. The molecule has 1 aliphatic rings. The van der Waals surface area contributed by atoms with Gasteiger partial charge in [-0.3, -0.25) is 9.78 Å². The summed E-state index contributed by atoms with van der Waals surface area (Å²) in [5, 5.41) is 14.1. The Balaban J connectivity index is 1.88. The van der Waals surface area contributed by atoms with Gasteiger partial charge in [0, 0.05) is 19.3 Å². The van der Waals surface area contributed by atoms with E-state index in [9.17, 15) is 14.4 Å². The number of aromatic carboxylic acids is 1. The van der Waals surface area contributed by atoms with Gasteiger partial charge in [0.2, 0.25) is 5.91 Å². The van der Waals surface area contributed by atoms with E-state index in [4.69, 9.17) is 5.11 Å². The molecule has 3 N–H and O–H groups in total. The van der Waals surface area contributed by atoms with Crippen LogP contribution in [0.25, 0.3) is 0 Å². The summed E-state index contributed by atoms with van der Waals surface area (Å²) in [7, 11) is 1.48. The first-order chi connectivity index (χ1) is 9.95. The summed E-state index contributed by atoms with van der Waals surface area (Å²) in [6.45, 7) is -0.0611. The fourth-order valence-corrected chi connectivity index (χ4v) is 1.63. The molecular weight excluding hydrogens is 276 g/mol. The third-order valence-corrected chi connectivity index (χ3v) is 2.91. The van der Waals surface area contributed by atoms with Crippen LogP contribution in [0.5, 0.6) is 0 Å². The minimum atomic E-state index is -1.13. The van der Waals surface area contributed by atoms with Gasteiger partial charge in [0.05, 0.1) is 17.4 Å². The fourth-order valence-electron chi connectivity index (χ4n) is 1.63. The molecule has 0 aromatic carbocycles. The number of hydrogen-bond acceptors (Lipinski definition) is 4. The van der Waals surface area contributed by atoms with Crippen LogP contribution in [0.3, 0.4) is 0 Å². The van der Waals surface area contributed by atoms with Gasteiger partial charge in [-0.15, -0.1) is 0 Å². The van der Waals surface area contributed by atoms with E-state index in [1.807, 2.05) is 0 Å². The van der Waals surface area contributed by atoms with Gasteiger partial charge in [0.1, 0.15) is 6.54 Å². The van der Waals surface area contributed by atoms with Crippen molar-refractivity contribution >= 4 is 23.6 Å². The highest BCUT2D eigenvalue weighted by atomic mass is 16.4. The number of carboxylic acids is 1. The van der Waals surface area contributed by atoms with Gasteiger partial charge in [0.25, 0.3) is 0 Å². The second-order valence-corrected chi connectivity index (χ2v) is 4.90. The predicted octanol–water partition coefficient (Wildman–Crippen LogP) is 0.522. The lowest BCUT2D eigenvalue weighted by Crippen LogP contribution is -2.41. The van der Waals surface area contributed by atoms with Crippen molar-refractivity contribution in [3.63, 3.8) is 0 Å². The van der Waals surface area contributed by atoms with Crippen molar-refractivity contribution in [2.24, 2.45) is 0 Å². The average Bonchev–Trinajstić information content (AvgIpc) is 3.22. The van der Waals surface area contributed by atoms with E-state index in [1.54, 1.807) is 0 Å². The Morgan fingerprint density at radius 2 is 2.10 bits per heavy atom. The lowest BCUT2D eigenvalue weighted by atomic mass is 10.2. The number of likely N-dealkylation sites (N-methyl/N-ethyl adjacent to an activating group) is 1. The molecule has 1 aromatic heterocycles. The van der Waals surface area contributed by atoms with Crippen molar-refractivity contribution < 1.29 is 19.5 Å². The fraction of sp³-hybridized carbons (Fsp3) is 0.385. The molecule has 0 unspecified atom stereocenters. The quantitative estimate of drug-likeness (QED) is 0.732. The number of carbonyl (C=O) groups excluding carboxylic acids is 2. The summed E-state index contributed by atoms with van der Waals surface area (Å²) < 4.78 is 0. The van der Waals surface area contributed by atoms with E-state index in [2.05, 4.69) is 15.6 Å². The van der Waals surface area contributed by atoms with Gasteiger partial charge in [-0.1, -0.05) is 0 Å². The Morgan fingerprint density at radius 3 is 2.71 bits per heavy atom. The maximum Gasteiger partial charge on any atom is 0.337 e. The second-order valence-electron chi connectivity index (χ2n) is 4.90. The Labute approximate surface area is 121 Å². The minimum absolute atomic E-state index is 0.0260. The number of pyridine rings is 1. The molecule has 0 spiro atoms. The van der Waals surface area contributed by atoms with Crippen LogP contribution in [0.2, 0.25) is 0 Å². The number of nitrogens with one attached hydrogen (secondary N) is 2. The molecule has 1 aliphatic carbocycles. The van der Waals surface area contributed by atoms with Crippen molar-refractivity contribution in [2.45, 2.75) is 18.9 Å². The normalized spacial score (nSPS) is 13.4. The Morgan fingerprint density at radius 1 is 1.38 bits per heavy atom. The maximum atomic E-state index is 11.9. The molecule has 1 heterocycles. The number of anilines is 1. The lowest BCUT2D eigenvalue weighted by molar-refractivity contribution is -0.121. The van der Waals surface area contributed by atoms with Crippen LogP contribution in [0.4, 0.5) is 10.5 Å². The largest absolute Gasteiger partial charge is 0.478 e. The number of urea groups is 1. The van der Waals surface area contributed by atoms with Crippen LogP contribution in [0, 0.1) is 0 Å². The zero-order chi connectivity index (χ0) is 15.4. The van der Waals surface area contributed by atoms with Crippen molar-refractivity contribution in [1.82, 2.24) is 15.2 Å². The van der Waals surface area contributed by atoms with Crippen LogP contribution in [0.1, 0.15) is 23.2 Å². The third-order valence-electron chi connectivity index (χ3n) is 2.91. The third kappa shape index (κ3) is 4.44. The van der Waals surface area contributed by atoms with Gasteiger partial charge in [-0.05, 0) is 18.9 Å². The SMILES string of the molecule is CN(CC(=O)NC1CC1)C(=O)Nc1cncc(C(=O)O)c1.